The van der Waals surface area contributed by atoms with Crippen molar-refractivity contribution in [1.82, 2.24) is 0 Å². The summed E-state index contributed by atoms with van der Waals surface area (Å²) in [6.45, 7) is 0. The van der Waals surface area contributed by atoms with Crippen LogP contribution >= 0.6 is 11.8 Å². The van der Waals surface area contributed by atoms with Gasteiger partial charge in [0.2, 0.25) is 0 Å². The van der Waals surface area contributed by atoms with Gasteiger partial charge in [0.1, 0.15) is 0 Å². The summed E-state index contributed by atoms with van der Waals surface area (Å²) in [5, 5.41) is 0.586. The van der Waals surface area contributed by atoms with Crippen molar-refractivity contribution in [3.63, 3.8) is 0 Å². The van der Waals surface area contributed by atoms with Crippen LogP contribution in [-0.2, 0) is 4.79 Å². The first-order valence-corrected chi connectivity index (χ1v) is 4.35. The quantitative estimate of drug-likeness (QED) is 0.553. The molecule has 1 unspecified atom stereocenters. The molecule has 0 radical (unpaired) electrons. The zero-order chi connectivity index (χ0) is 6.69. The number of carbonyl (C=O) groups is 1. The van der Waals surface area contributed by atoms with Gasteiger partial charge in [-0.25, -0.2) is 0 Å². The van der Waals surface area contributed by atoms with E-state index in [0.717, 1.165) is 12.8 Å². The lowest BCUT2D eigenvalue weighted by atomic mass is 10.1. The molecule has 0 spiro atoms. The Balaban J connectivity index is 2.48. The molecule has 50 valence electrons. The van der Waals surface area contributed by atoms with Crippen LogP contribution in [0.4, 0.5) is 0 Å². The fourth-order valence-corrected chi connectivity index (χ4v) is 1.46. The van der Waals surface area contributed by atoms with Crippen molar-refractivity contribution in [2.24, 2.45) is 0 Å². The second-order valence-corrected chi connectivity index (χ2v) is 3.22. The summed E-state index contributed by atoms with van der Waals surface area (Å²) < 4.78 is 0. The van der Waals surface area contributed by atoms with E-state index in [1.54, 1.807) is 6.08 Å². The molecule has 2 heteroatoms. The van der Waals surface area contributed by atoms with Crippen LogP contribution < -0.4 is 0 Å². The maximum absolute atomic E-state index is 10.6. The van der Waals surface area contributed by atoms with E-state index in [0.29, 0.717) is 5.25 Å². The summed E-state index contributed by atoms with van der Waals surface area (Å²) in [7, 11) is 0. The van der Waals surface area contributed by atoms with Gasteiger partial charge < -0.3 is 0 Å². The van der Waals surface area contributed by atoms with Crippen molar-refractivity contribution in [3.8, 4) is 0 Å². The molecule has 1 aliphatic carbocycles. The van der Waals surface area contributed by atoms with Crippen LogP contribution in [0.5, 0.6) is 0 Å². The molecule has 1 atom stereocenters. The summed E-state index contributed by atoms with van der Waals surface area (Å²) in [6, 6.07) is 0. The molecule has 0 amide bonds. The number of hydrogen-bond donors (Lipinski definition) is 0. The van der Waals surface area contributed by atoms with Gasteiger partial charge in [0.15, 0.2) is 5.78 Å². The van der Waals surface area contributed by atoms with Crippen molar-refractivity contribution in [2.75, 3.05) is 6.26 Å². The molecule has 1 aliphatic rings. The Hall–Kier alpha value is -0.240. The summed E-state index contributed by atoms with van der Waals surface area (Å²) in [5.74, 6) is 0.278. The molecule has 0 N–H and O–H groups in total. The molecular weight excluding hydrogens is 132 g/mol. The Morgan fingerprint density at radius 2 is 2.56 bits per heavy atom. The standard InChI is InChI=1S/C7H10OS/c1-9-7-4-2-6(8)3-5-7/h2,4,7H,3,5H2,1H3. The van der Waals surface area contributed by atoms with Crippen LogP contribution in [0.15, 0.2) is 12.2 Å². The van der Waals surface area contributed by atoms with Crippen LogP contribution in [0, 0.1) is 0 Å². The summed E-state index contributed by atoms with van der Waals surface area (Å²) in [5.41, 5.74) is 0. The lowest BCUT2D eigenvalue weighted by Crippen LogP contribution is -2.08. The number of hydrogen-bond acceptors (Lipinski definition) is 2. The molecule has 0 heterocycles. The Labute approximate surface area is 59.5 Å². The predicted octanol–water partition coefficient (Wildman–Crippen LogP) is 1.64. The van der Waals surface area contributed by atoms with Gasteiger partial charge in [-0.2, -0.15) is 11.8 Å². The Morgan fingerprint density at radius 1 is 1.78 bits per heavy atom. The number of thioether (sulfide) groups is 1. The van der Waals surface area contributed by atoms with E-state index in [2.05, 4.69) is 6.26 Å². The minimum atomic E-state index is 0.278. The molecule has 0 aromatic heterocycles. The molecule has 0 fully saturated rings. The van der Waals surface area contributed by atoms with Crippen molar-refractivity contribution >= 4 is 17.5 Å². The molecule has 1 nitrogen and oxygen atoms in total. The van der Waals surface area contributed by atoms with Crippen LogP contribution in [-0.4, -0.2) is 17.3 Å². The van der Waals surface area contributed by atoms with Crippen molar-refractivity contribution in [2.45, 2.75) is 18.1 Å². The van der Waals surface area contributed by atoms with Crippen LogP contribution in [0.3, 0.4) is 0 Å². The van der Waals surface area contributed by atoms with Gasteiger partial charge in [-0.3, -0.25) is 4.79 Å². The van der Waals surface area contributed by atoms with Crippen LogP contribution in [0.25, 0.3) is 0 Å². The third kappa shape index (κ3) is 1.86. The highest BCUT2D eigenvalue weighted by Crippen LogP contribution is 2.18. The lowest BCUT2D eigenvalue weighted by Gasteiger charge is -2.11. The summed E-state index contributed by atoms with van der Waals surface area (Å²) in [6.07, 6.45) is 7.53. The molecule has 0 bridgehead atoms. The molecule has 1 rings (SSSR count). The number of rotatable bonds is 1. The normalized spacial score (nSPS) is 26.8. The average Bonchev–Trinajstić information content (AvgIpc) is 1.90. The van der Waals surface area contributed by atoms with Crippen molar-refractivity contribution in [1.29, 1.82) is 0 Å². The van der Waals surface area contributed by atoms with E-state index in [1.807, 2.05) is 17.8 Å². The van der Waals surface area contributed by atoms with E-state index in [1.165, 1.54) is 0 Å². The average molecular weight is 142 g/mol. The fraction of sp³-hybridized carbons (Fsp3) is 0.571. The summed E-state index contributed by atoms with van der Waals surface area (Å²) >= 11 is 1.81. The predicted molar refractivity (Wildman–Crippen MR) is 40.7 cm³/mol. The minimum absolute atomic E-state index is 0.278. The first-order chi connectivity index (χ1) is 4.33. The van der Waals surface area contributed by atoms with Crippen LogP contribution in [0.2, 0.25) is 0 Å². The van der Waals surface area contributed by atoms with E-state index < -0.39 is 0 Å². The maximum atomic E-state index is 10.6. The molecular formula is C7H10OS. The lowest BCUT2D eigenvalue weighted by molar-refractivity contribution is -0.114. The van der Waals surface area contributed by atoms with Crippen molar-refractivity contribution < 1.29 is 4.79 Å². The molecule has 0 aliphatic heterocycles. The van der Waals surface area contributed by atoms with Crippen molar-refractivity contribution in [3.05, 3.63) is 12.2 Å². The maximum Gasteiger partial charge on any atom is 0.155 e. The first kappa shape index (κ1) is 6.87. The van der Waals surface area contributed by atoms with E-state index in [9.17, 15) is 4.79 Å². The SMILES string of the molecule is CSC1C=CC(=O)CC1. The highest BCUT2D eigenvalue weighted by molar-refractivity contribution is 7.99. The van der Waals surface area contributed by atoms with Gasteiger partial charge in [-0.15, -0.1) is 0 Å². The van der Waals surface area contributed by atoms with E-state index >= 15 is 0 Å². The van der Waals surface area contributed by atoms with Gasteiger partial charge in [0.25, 0.3) is 0 Å². The third-order valence-electron chi connectivity index (χ3n) is 1.47. The van der Waals surface area contributed by atoms with Gasteiger partial charge in [0.05, 0.1) is 0 Å². The Kier molecular flexibility index (Phi) is 2.34. The second-order valence-electron chi connectivity index (χ2n) is 2.14. The highest BCUT2D eigenvalue weighted by Gasteiger charge is 2.10. The first-order valence-electron chi connectivity index (χ1n) is 3.07. The van der Waals surface area contributed by atoms with Crippen LogP contribution in [0.1, 0.15) is 12.8 Å². The summed E-state index contributed by atoms with van der Waals surface area (Å²) in [4.78, 5) is 10.6. The number of ketones is 1. The third-order valence-corrected chi connectivity index (χ3v) is 2.47. The molecule has 0 aromatic carbocycles. The highest BCUT2D eigenvalue weighted by atomic mass is 32.2. The van der Waals surface area contributed by atoms with Gasteiger partial charge in [-0.1, -0.05) is 6.08 Å². The van der Waals surface area contributed by atoms with E-state index in [4.69, 9.17) is 0 Å². The fourth-order valence-electron chi connectivity index (χ4n) is 0.875. The monoisotopic (exact) mass is 142 g/mol. The topological polar surface area (TPSA) is 17.1 Å². The molecule has 0 saturated heterocycles. The molecule has 0 saturated carbocycles. The van der Waals surface area contributed by atoms with Gasteiger partial charge in [0, 0.05) is 11.7 Å². The second kappa shape index (κ2) is 3.06. The van der Waals surface area contributed by atoms with E-state index in [-0.39, 0.29) is 5.78 Å². The largest absolute Gasteiger partial charge is 0.295 e. The van der Waals surface area contributed by atoms with Gasteiger partial charge >= 0.3 is 0 Å². The zero-order valence-electron chi connectivity index (χ0n) is 5.46. The smallest absolute Gasteiger partial charge is 0.155 e. The minimum Gasteiger partial charge on any atom is -0.295 e. The van der Waals surface area contributed by atoms with Gasteiger partial charge in [-0.05, 0) is 18.8 Å². The number of carbonyl (C=O) groups excluding carboxylic acids is 1. The zero-order valence-corrected chi connectivity index (χ0v) is 6.28. The molecule has 0 aromatic rings. The molecule has 9 heavy (non-hydrogen) atoms. The Bertz CT molecular complexity index is 140. The Morgan fingerprint density at radius 3 is 3.00 bits per heavy atom. The number of allylic oxidation sites excluding steroid dienone is 1.